The topological polar surface area (TPSA) is 161 Å². The largest absolute Gasteiger partial charge is 0.432 e. The lowest BCUT2D eigenvalue weighted by Crippen LogP contribution is -2.41. The van der Waals surface area contributed by atoms with Gasteiger partial charge in [0.05, 0.1) is 0 Å². The van der Waals surface area contributed by atoms with E-state index in [0.717, 1.165) is 0 Å². The summed E-state index contributed by atoms with van der Waals surface area (Å²) >= 11 is 9.38. The van der Waals surface area contributed by atoms with Crippen molar-refractivity contribution in [2.45, 2.75) is 31.3 Å². The van der Waals surface area contributed by atoms with Gasteiger partial charge in [-0.25, -0.2) is 0 Å². The average molecular weight is 375 g/mol. The highest BCUT2D eigenvalue weighted by atomic mass is 32.1. The molecule has 2 aliphatic heterocycles. The lowest BCUT2D eigenvalue weighted by molar-refractivity contribution is -0.158. The van der Waals surface area contributed by atoms with Gasteiger partial charge in [0.15, 0.2) is 10.2 Å². The summed E-state index contributed by atoms with van der Waals surface area (Å²) in [6.07, 6.45) is -2.80. The van der Waals surface area contributed by atoms with E-state index in [0.29, 0.717) is 0 Å². The monoisotopic (exact) mass is 375 g/mol. The van der Waals surface area contributed by atoms with E-state index in [1.54, 1.807) is 0 Å². The number of nitrogens with one attached hydrogen (secondary N) is 4. The Kier molecular flexibility index (Phi) is 5.58. The first-order valence-electron chi connectivity index (χ1n) is 6.64. The Bertz CT molecular complexity index is 626. The van der Waals surface area contributed by atoms with Crippen LogP contribution in [0.5, 0.6) is 0 Å². The molecular weight excluding hydrogens is 362 g/mol. The SMILES string of the molecule is N[C@@H](CCC(=O)OC1NC(=S)NC1=O)C(=O)OC1NC(=S)NC1=O. The zero-order valence-electron chi connectivity index (χ0n) is 12.0. The van der Waals surface area contributed by atoms with Crippen molar-refractivity contribution < 1.29 is 28.7 Å². The van der Waals surface area contributed by atoms with Crippen molar-refractivity contribution in [1.29, 1.82) is 0 Å². The summed E-state index contributed by atoms with van der Waals surface area (Å²) in [5.74, 6) is -2.85. The summed E-state index contributed by atoms with van der Waals surface area (Å²) in [6.45, 7) is 0. The second-order valence-electron chi connectivity index (χ2n) is 4.76. The van der Waals surface area contributed by atoms with E-state index in [-0.39, 0.29) is 23.1 Å². The Morgan fingerprint density at radius 1 is 1.04 bits per heavy atom. The first-order valence-corrected chi connectivity index (χ1v) is 7.46. The molecule has 0 saturated carbocycles. The number of carbonyl (C=O) groups is 4. The summed E-state index contributed by atoms with van der Waals surface area (Å²) in [4.78, 5) is 46.1. The van der Waals surface area contributed by atoms with E-state index < -0.39 is 42.3 Å². The Morgan fingerprint density at radius 2 is 1.54 bits per heavy atom. The van der Waals surface area contributed by atoms with Crippen LogP contribution < -0.4 is 27.0 Å². The average Bonchev–Trinajstić information content (AvgIpc) is 2.97. The molecule has 0 aromatic rings. The summed E-state index contributed by atoms with van der Waals surface area (Å²) in [5, 5.41) is 9.46. The van der Waals surface area contributed by atoms with Crippen LogP contribution in [-0.2, 0) is 28.7 Å². The molecule has 2 amide bonds. The van der Waals surface area contributed by atoms with Crippen LogP contribution in [0.4, 0.5) is 0 Å². The smallest absolute Gasteiger partial charge is 0.325 e. The molecule has 2 saturated heterocycles. The van der Waals surface area contributed by atoms with E-state index >= 15 is 0 Å². The van der Waals surface area contributed by atoms with Crippen molar-refractivity contribution in [2.75, 3.05) is 0 Å². The molecule has 0 aromatic heterocycles. The van der Waals surface area contributed by atoms with Crippen molar-refractivity contribution in [1.82, 2.24) is 21.3 Å². The lowest BCUT2D eigenvalue weighted by Gasteiger charge is -2.15. The Balaban J connectivity index is 1.72. The number of nitrogens with two attached hydrogens (primary N) is 1. The molecule has 0 bridgehead atoms. The van der Waals surface area contributed by atoms with Crippen LogP contribution in [0.1, 0.15) is 12.8 Å². The van der Waals surface area contributed by atoms with Crippen LogP contribution in [0.25, 0.3) is 0 Å². The first kappa shape index (κ1) is 18.0. The molecule has 2 unspecified atom stereocenters. The third-order valence-corrected chi connectivity index (χ3v) is 3.36. The van der Waals surface area contributed by atoms with E-state index in [4.69, 9.17) is 15.2 Å². The van der Waals surface area contributed by atoms with Crippen molar-refractivity contribution in [3.8, 4) is 0 Å². The zero-order valence-corrected chi connectivity index (χ0v) is 13.6. The minimum absolute atomic E-state index is 0.0372. The maximum atomic E-state index is 11.7. The number of hydrogen-bond acceptors (Lipinski definition) is 9. The van der Waals surface area contributed by atoms with Gasteiger partial charge in [-0.1, -0.05) is 0 Å². The van der Waals surface area contributed by atoms with Crippen LogP contribution in [0.2, 0.25) is 0 Å². The van der Waals surface area contributed by atoms with Gasteiger partial charge >= 0.3 is 11.9 Å². The summed E-state index contributed by atoms with van der Waals surface area (Å²) in [6, 6.07) is -1.16. The van der Waals surface area contributed by atoms with Crippen molar-refractivity contribution in [2.24, 2.45) is 5.73 Å². The Morgan fingerprint density at radius 3 is 2.00 bits per heavy atom. The van der Waals surface area contributed by atoms with Crippen molar-refractivity contribution in [3.05, 3.63) is 0 Å². The van der Waals surface area contributed by atoms with E-state index in [9.17, 15) is 19.2 Å². The molecule has 2 rings (SSSR count). The van der Waals surface area contributed by atoms with Gasteiger partial charge in [-0.3, -0.25) is 29.8 Å². The quantitative estimate of drug-likeness (QED) is 0.235. The fraction of sp³-hybridized carbons (Fsp3) is 0.455. The third-order valence-electron chi connectivity index (χ3n) is 2.92. The second kappa shape index (κ2) is 7.46. The lowest BCUT2D eigenvalue weighted by atomic mass is 10.2. The highest BCUT2D eigenvalue weighted by molar-refractivity contribution is 7.80. The molecule has 11 nitrogen and oxygen atoms in total. The molecule has 2 heterocycles. The number of ether oxygens (including phenoxy) is 2. The number of carbonyl (C=O) groups excluding carboxylic acids is 4. The van der Waals surface area contributed by atoms with Crippen LogP contribution in [0, 0.1) is 0 Å². The first-order chi connectivity index (χ1) is 11.3. The normalized spacial score (nSPS) is 23.7. The van der Waals surface area contributed by atoms with Gasteiger partial charge in [-0.2, -0.15) is 0 Å². The van der Waals surface area contributed by atoms with Crippen molar-refractivity contribution >= 4 is 58.4 Å². The minimum atomic E-state index is -1.25. The minimum Gasteiger partial charge on any atom is -0.432 e. The summed E-state index contributed by atoms with van der Waals surface area (Å²) in [5.41, 5.74) is 5.59. The molecule has 130 valence electrons. The van der Waals surface area contributed by atoms with Gasteiger partial charge in [0.1, 0.15) is 6.04 Å². The maximum absolute atomic E-state index is 11.7. The maximum Gasteiger partial charge on any atom is 0.325 e. The van der Waals surface area contributed by atoms with E-state index in [1.807, 2.05) is 0 Å². The standard InChI is InChI=1S/C11H13N5O6S2/c12-3(9(20)22-8-6(19)14-11(24)16-8)1-2-4(17)21-7-5(18)13-10(23)15-7/h3,7-8H,1-2,12H2,(H2,13,15,18,23)(H2,14,16,19,24)/t3-,7?,8?/m0/s1. The highest BCUT2D eigenvalue weighted by Crippen LogP contribution is 2.05. The van der Waals surface area contributed by atoms with Crippen molar-refractivity contribution in [3.63, 3.8) is 0 Å². The molecule has 2 aliphatic rings. The van der Waals surface area contributed by atoms with Gasteiger partial charge in [0.2, 0.25) is 0 Å². The third kappa shape index (κ3) is 4.56. The number of rotatable bonds is 6. The molecule has 0 aliphatic carbocycles. The number of thiocarbonyl (C=S) groups is 2. The predicted octanol–water partition coefficient (Wildman–Crippen LogP) is -3.16. The molecule has 0 radical (unpaired) electrons. The zero-order chi connectivity index (χ0) is 17.9. The van der Waals surface area contributed by atoms with Gasteiger partial charge < -0.3 is 25.8 Å². The molecule has 0 spiro atoms. The molecule has 6 N–H and O–H groups in total. The van der Waals surface area contributed by atoms with E-state index in [2.05, 4.69) is 45.7 Å². The molecule has 3 atom stereocenters. The molecule has 24 heavy (non-hydrogen) atoms. The number of amides is 2. The van der Waals surface area contributed by atoms with Gasteiger partial charge in [0.25, 0.3) is 24.3 Å². The Labute approximate surface area is 146 Å². The molecular formula is C11H13N5O6S2. The fourth-order valence-corrected chi connectivity index (χ4v) is 2.16. The van der Waals surface area contributed by atoms with Crippen LogP contribution in [0.15, 0.2) is 0 Å². The highest BCUT2D eigenvalue weighted by Gasteiger charge is 2.33. The molecule has 0 aromatic carbocycles. The molecule has 2 fully saturated rings. The predicted molar refractivity (Wildman–Crippen MR) is 84.7 cm³/mol. The Hall–Kier alpha value is -2.38. The van der Waals surface area contributed by atoms with Gasteiger partial charge in [-0.05, 0) is 30.9 Å². The molecule has 13 heteroatoms. The fourth-order valence-electron chi connectivity index (χ4n) is 1.75. The van der Waals surface area contributed by atoms with Crippen LogP contribution in [0.3, 0.4) is 0 Å². The van der Waals surface area contributed by atoms with Crippen LogP contribution in [-0.4, -0.2) is 52.5 Å². The number of esters is 2. The second-order valence-corrected chi connectivity index (χ2v) is 5.57. The summed E-state index contributed by atoms with van der Waals surface area (Å²) in [7, 11) is 0. The van der Waals surface area contributed by atoms with Crippen LogP contribution >= 0.6 is 24.4 Å². The summed E-state index contributed by atoms with van der Waals surface area (Å²) < 4.78 is 9.67. The number of hydrogen-bond donors (Lipinski definition) is 5. The van der Waals surface area contributed by atoms with Gasteiger partial charge in [-0.15, -0.1) is 0 Å². The van der Waals surface area contributed by atoms with Gasteiger partial charge in [0, 0.05) is 6.42 Å². The van der Waals surface area contributed by atoms with E-state index in [1.165, 1.54) is 0 Å².